The molecule has 0 bridgehead atoms. The molecule has 0 fully saturated rings. The summed E-state index contributed by atoms with van der Waals surface area (Å²) in [6.07, 6.45) is 3.45. The van der Waals surface area contributed by atoms with Gasteiger partial charge in [0.2, 0.25) is 0 Å². The van der Waals surface area contributed by atoms with Gasteiger partial charge in [-0.05, 0) is 30.5 Å². The Labute approximate surface area is 121 Å². The van der Waals surface area contributed by atoms with E-state index < -0.39 is 0 Å². The molecule has 19 heavy (non-hydrogen) atoms. The summed E-state index contributed by atoms with van der Waals surface area (Å²) < 4.78 is 1.31. The third kappa shape index (κ3) is 2.57. The van der Waals surface area contributed by atoms with Crippen molar-refractivity contribution in [3.8, 4) is 0 Å². The Balaban J connectivity index is 1.87. The van der Waals surface area contributed by atoms with Gasteiger partial charge >= 0.3 is 0 Å². The fraction of sp³-hybridized carbons (Fsp3) is 0.133. The lowest BCUT2D eigenvalue weighted by molar-refractivity contribution is 0.907. The van der Waals surface area contributed by atoms with E-state index in [4.69, 9.17) is 11.6 Å². The molecule has 1 aromatic carbocycles. The lowest BCUT2D eigenvalue weighted by Crippen LogP contribution is -2.05. The molecule has 0 aliphatic rings. The number of halogens is 1. The van der Waals surface area contributed by atoms with Crippen LogP contribution in [0.5, 0.6) is 0 Å². The van der Waals surface area contributed by atoms with Crippen LogP contribution in [0, 0.1) is 0 Å². The van der Waals surface area contributed by atoms with Crippen LogP contribution in [0.4, 0.5) is 5.69 Å². The molecule has 1 atom stereocenters. The number of fused-ring (bicyclic) bond motifs is 1. The first-order valence-corrected chi connectivity index (χ1v) is 7.28. The van der Waals surface area contributed by atoms with Gasteiger partial charge in [-0.2, -0.15) is 0 Å². The van der Waals surface area contributed by atoms with Crippen molar-refractivity contribution in [3.05, 3.63) is 58.7 Å². The topological polar surface area (TPSA) is 24.9 Å². The second-order valence-corrected chi connectivity index (χ2v) is 5.93. The molecular weight excluding hydrogens is 276 g/mol. The third-order valence-corrected chi connectivity index (χ3v) is 4.64. The number of rotatable bonds is 3. The van der Waals surface area contributed by atoms with Gasteiger partial charge in [0.1, 0.15) is 0 Å². The van der Waals surface area contributed by atoms with E-state index in [0.29, 0.717) is 5.02 Å². The van der Waals surface area contributed by atoms with Gasteiger partial charge in [-0.1, -0.05) is 29.8 Å². The molecule has 0 aliphatic heterocycles. The van der Waals surface area contributed by atoms with Crippen molar-refractivity contribution in [2.24, 2.45) is 0 Å². The van der Waals surface area contributed by atoms with E-state index in [1.165, 1.54) is 15.0 Å². The summed E-state index contributed by atoms with van der Waals surface area (Å²) >= 11 is 7.94. The van der Waals surface area contributed by atoms with E-state index in [1.807, 2.05) is 0 Å². The maximum atomic E-state index is 6.14. The molecule has 0 saturated heterocycles. The molecule has 1 unspecified atom stereocenters. The number of thiophene rings is 1. The largest absolute Gasteiger partial charge is 0.375 e. The smallest absolute Gasteiger partial charge is 0.0721 e. The van der Waals surface area contributed by atoms with E-state index >= 15 is 0 Å². The molecular formula is C15H13ClN2S. The summed E-state index contributed by atoms with van der Waals surface area (Å²) in [6.45, 7) is 2.13. The molecule has 2 nitrogen and oxygen atoms in total. The maximum Gasteiger partial charge on any atom is 0.0721 e. The predicted octanol–water partition coefficient (Wildman–Crippen LogP) is 5.12. The number of nitrogens with zero attached hydrogens (tertiary/aromatic N) is 1. The molecule has 0 amide bonds. The van der Waals surface area contributed by atoms with Crippen LogP contribution in [0.25, 0.3) is 10.1 Å². The average molecular weight is 289 g/mol. The lowest BCUT2D eigenvalue weighted by atomic mass is 10.2. The van der Waals surface area contributed by atoms with Gasteiger partial charge in [-0.15, -0.1) is 11.3 Å². The zero-order chi connectivity index (χ0) is 13.2. The van der Waals surface area contributed by atoms with Crippen molar-refractivity contribution < 1.29 is 0 Å². The molecule has 0 saturated carbocycles. The molecule has 4 heteroatoms. The van der Waals surface area contributed by atoms with Gasteiger partial charge in [0, 0.05) is 15.8 Å². The van der Waals surface area contributed by atoms with E-state index in [2.05, 4.69) is 47.6 Å². The Kier molecular flexibility index (Phi) is 3.40. The zero-order valence-electron chi connectivity index (χ0n) is 10.4. The summed E-state index contributed by atoms with van der Waals surface area (Å²) in [5.74, 6) is 0. The van der Waals surface area contributed by atoms with E-state index in [1.54, 1.807) is 29.8 Å². The standard InChI is InChI=1S/C15H13ClN2S/c1-10(18-13-9-17-7-6-12(13)16)15-8-11-4-2-3-5-14(11)19-15/h2-10,18H,1H3. The van der Waals surface area contributed by atoms with Crippen molar-refractivity contribution in [1.29, 1.82) is 0 Å². The van der Waals surface area contributed by atoms with Gasteiger partial charge in [0.25, 0.3) is 0 Å². The van der Waals surface area contributed by atoms with E-state index in [-0.39, 0.29) is 6.04 Å². The quantitative estimate of drug-likeness (QED) is 0.723. The SMILES string of the molecule is CC(Nc1cnccc1Cl)c1cc2ccccc2s1. The van der Waals surface area contributed by atoms with Crippen LogP contribution in [0.3, 0.4) is 0 Å². The molecule has 1 N–H and O–H groups in total. The Bertz CT molecular complexity index is 675. The normalized spacial score (nSPS) is 12.5. The average Bonchev–Trinajstić information content (AvgIpc) is 2.85. The molecule has 2 aromatic heterocycles. The number of benzene rings is 1. The second kappa shape index (κ2) is 5.19. The van der Waals surface area contributed by atoms with Crippen LogP contribution in [-0.4, -0.2) is 4.98 Å². The van der Waals surface area contributed by atoms with Crippen LogP contribution in [0.15, 0.2) is 48.8 Å². The van der Waals surface area contributed by atoms with Gasteiger partial charge in [-0.25, -0.2) is 0 Å². The summed E-state index contributed by atoms with van der Waals surface area (Å²) in [4.78, 5) is 5.38. The highest BCUT2D eigenvalue weighted by atomic mass is 35.5. The maximum absolute atomic E-state index is 6.14. The fourth-order valence-corrected chi connectivity index (χ4v) is 3.23. The highest BCUT2D eigenvalue weighted by molar-refractivity contribution is 7.19. The molecule has 0 aliphatic carbocycles. The monoisotopic (exact) mass is 288 g/mol. The van der Waals surface area contributed by atoms with Gasteiger partial charge in [0.05, 0.1) is 22.9 Å². The predicted molar refractivity (Wildman–Crippen MR) is 83.1 cm³/mol. The van der Waals surface area contributed by atoms with Gasteiger partial charge in [0.15, 0.2) is 0 Å². The fourth-order valence-electron chi connectivity index (χ4n) is 2.00. The van der Waals surface area contributed by atoms with Crippen LogP contribution in [-0.2, 0) is 0 Å². The minimum atomic E-state index is 0.208. The zero-order valence-corrected chi connectivity index (χ0v) is 12.0. The molecule has 0 spiro atoms. The Morgan fingerprint density at radius 1 is 1.26 bits per heavy atom. The first-order valence-electron chi connectivity index (χ1n) is 6.08. The van der Waals surface area contributed by atoms with Crippen LogP contribution in [0.2, 0.25) is 5.02 Å². The van der Waals surface area contributed by atoms with Crippen molar-refractivity contribution in [3.63, 3.8) is 0 Å². The minimum absolute atomic E-state index is 0.208. The summed E-state index contributed by atoms with van der Waals surface area (Å²) in [7, 11) is 0. The lowest BCUT2D eigenvalue weighted by Gasteiger charge is -2.14. The van der Waals surface area contributed by atoms with Crippen LogP contribution >= 0.6 is 22.9 Å². The van der Waals surface area contributed by atoms with Crippen molar-refractivity contribution in [1.82, 2.24) is 4.98 Å². The first kappa shape index (κ1) is 12.5. The number of hydrogen-bond acceptors (Lipinski definition) is 3. The summed E-state index contributed by atoms with van der Waals surface area (Å²) in [5.41, 5.74) is 0.870. The molecule has 96 valence electrons. The number of aromatic nitrogens is 1. The van der Waals surface area contributed by atoms with Crippen molar-refractivity contribution >= 4 is 38.7 Å². The van der Waals surface area contributed by atoms with Crippen molar-refractivity contribution in [2.45, 2.75) is 13.0 Å². The Morgan fingerprint density at radius 2 is 2.11 bits per heavy atom. The van der Waals surface area contributed by atoms with Crippen LogP contribution < -0.4 is 5.32 Å². The second-order valence-electron chi connectivity index (χ2n) is 4.41. The molecule has 2 heterocycles. The highest BCUT2D eigenvalue weighted by Gasteiger charge is 2.10. The third-order valence-electron chi connectivity index (χ3n) is 3.01. The number of pyridine rings is 1. The van der Waals surface area contributed by atoms with E-state index in [0.717, 1.165) is 5.69 Å². The summed E-state index contributed by atoms with van der Waals surface area (Å²) in [5, 5.41) is 5.39. The highest BCUT2D eigenvalue weighted by Crippen LogP contribution is 2.32. The number of nitrogens with one attached hydrogen (secondary N) is 1. The molecule has 3 rings (SSSR count). The van der Waals surface area contributed by atoms with Crippen molar-refractivity contribution in [2.75, 3.05) is 5.32 Å². The summed E-state index contributed by atoms with van der Waals surface area (Å²) in [6, 6.07) is 12.6. The minimum Gasteiger partial charge on any atom is -0.375 e. The number of hydrogen-bond donors (Lipinski definition) is 1. The van der Waals surface area contributed by atoms with Gasteiger partial charge < -0.3 is 5.32 Å². The number of anilines is 1. The molecule has 0 radical (unpaired) electrons. The Hall–Kier alpha value is -1.58. The first-order chi connectivity index (χ1) is 9.24. The molecule has 3 aromatic rings. The Morgan fingerprint density at radius 3 is 2.89 bits per heavy atom. The van der Waals surface area contributed by atoms with Crippen LogP contribution in [0.1, 0.15) is 17.8 Å². The van der Waals surface area contributed by atoms with Gasteiger partial charge in [-0.3, -0.25) is 4.98 Å². The van der Waals surface area contributed by atoms with E-state index in [9.17, 15) is 0 Å².